The monoisotopic (exact) mass is 492 g/mol. The average Bonchev–Trinajstić information content (AvgIpc) is 3.36. The van der Waals surface area contributed by atoms with Crippen molar-refractivity contribution in [2.24, 2.45) is 5.92 Å². The number of benzene rings is 1. The number of likely N-dealkylation sites (tertiary alicyclic amines) is 1. The molecule has 2 bridgehead atoms. The molecule has 0 radical (unpaired) electrons. The number of aliphatic hydroxyl groups is 1. The molecule has 6 atom stereocenters. The Morgan fingerprint density at radius 1 is 1.28 bits per heavy atom. The van der Waals surface area contributed by atoms with Crippen LogP contribution in [0, 0.1) is 11.1 Å². The standard InChI is InChI=1S/C28H32N2O6/c1-29(23(32)7-4-18-9-13-35-16-18)20-8-10-28(33)22-14-19-5-6-21(31)25-24(19)27(28,26(20)36-25)11-12-30(22,34)15-17-2-3-17/h4-7,9,13,16-17,20,22,26,31,33H,2-3,8,10-12,14-15H2,1H3/b7-4+. The van der Waals surface area contributed by atoms with Crippen molar-refractivity contribution in [3.63, 3.8) is 0 Å². The molecule has 7 rings (SSSR count). The van der Waals surface area contributed by atoms with E-state index in [2.05, 4.69) is 0 Å². The van der Waals surface area contributed by atoms with Crippen LogP contribution in [-0.2, 0) is 16.6 Å². The molecule has 6 unspecified atom stereocenters. The van der Waals surface area contributed by atoms with Gasteiger partial charge in [-0.2, -0.15) is 0 Å². The van der Waals surface area contributed by atoms with E-state index >= 15 is 0 Å². The van der Waals surface area contributed by atoms with Crippen molar-refractivity contribution in [2.75, 3.05) is 20.1 Å². The highest BCUT2D eigenvalue weighted by atomic mass is 16.6. The summed E-state index contributed by atoms with van der Waals surface area (Å²) in [6.07, 6.45) is 9.94. The van der Waals surface area contributed by atoms with Crippen LogP contribution in [0.3, 0.4) is 0 Å². The summed E-state index contributed by atoms with van der Waals surface area (Å²) in [5, 5.41) is 37.6. The summed E-state index contributed by atoms with van der Waals surface area (Å²) >= 11 is 0. The number of likely N-dealkylation sites (N-methyl/N-ethyl adjacent to an activating group) is 1. The number of phenols is 1. The molecule has 1 amide bonds. The maximum absolute atomic E-state index is 14.3. The Bertz CT molecular complexity index is 1250. The maximum Gasteiger partial charge on any atom is 0.246 e. The van der Waals surface area contributed by atoms with Gasteiger partial charge in [0.25, 0.3) is 0 Å². The summed E-state index contributed by atoms with van der Waals surface area (Å²) in [7, 11) is 1.77. The quantitative estimate of drug-likeness (QED) is 0.378. The number of nitrogens with zero attached hydrogens (tertiary/aromatic N) is 2. The molecule has 2 saturated carbocycles. The van der Waals surface area contributed by atoms with E-state index in [0.717, 1.165) is 29.5 Å². The lowest BCUT2D eigenvalue weighted by Gasteiger charge is -2.68. The number of carbonyl (C=O) groups excluding carboxylic acids is 1. The lowest BCUT2D eigenvalue weighted by atomic mass is 9.48. The van der Waals surface area contributed by atoms with Gasteiger partial charge in [-0.1, -0.05) is 6.07 Å². The Labute approximate surface area is 209 Å². The van der Waals surface area contributed by atoms with E-state index in [4.69, 9.17) is 9.15 Å². The third-order valence-corrected chi connectivity index (χ3v) is 9.83. The number of quaternary nitrogens is 1. The van der Waals surface area contributed by atoms with E-state index in [9.17, 15) is 20.2 Å². The first-order valence-electron chi connectivity index (χ1n) is 13.1. The summed E-state index contributed by atoms with van der Waals surface area (Å²) in [5.41, 5.74) is 0.591. The minimum atomic E-state index is -1.24. The van der Waals surface area contributed by atoms with Gasteiger partial charge in [-0.3, -0.25) is 4.79 Å². The number of hydrogen-bond acceptors (Lipinski definition) is 6. The summed E-state index contributed by atoms with van der Waals surface area (Å²) in [5.74, 6) is 0.758. The minimum absolute atomic E-state index is 0.0531. The molecule has 3 aliphatic carbocycles. The lowest BCUT2D eigenvalue weighted by molar-refractivity contribution is -0.924. The number of hydroxylamine groups is 3. The number of amides is 1. The SMILES string of the molecule is CN(C(=O)/C=C/c1ccoc1)C1CCC2(O)C3Cc4ccc(O)c5c4C2(CC[N+]3([O-])CC2CC2)C1O5. The minimum Gasteiger partial charge on any atom is -0.632 e. The highest BCUT2D eigenvalue weighted by Crippen LogP contribution is 2.67. The number of piperidine rings is 1. The fraction of sp³-hybridized carbons (Fsp3) is 0.536. The van der Waals surface area contributed by atoms with E-state index in [1.165, 1.54) is 6.08 Å². The van der Waals surface area contributed by atoms with Crippen molar-refractivity contribution in [3.8, 4) is 11.5 Å². The molecule has 2 aliphatic heterocycles. The molecule has 2 aromatic rings. The van der Waals surface area contributed by atoms with E-state index in [-0.39, 0.29) is 22.3 Å². The van der Waals surface area contributed by atoms with Crippen molar-refractivity contribution in [1.29, 1.82) is 0 Å². The average molecular weight is 493 g/mol. The molecule has 36 heavy (non-hydrogen) atoms. The van der Waals surface area contributed by atoms with Crippen LogP contribution in [0.1, 0.15) is 48.8 Å². The van der Waals surface area contributed by atoms with Crippen molar-refractivity contribution in [1.82, 2.24) is 4.90 Å². The molecular formula is C28H32N2O6. The molecule has 1 aromatic heterocycles. The summed E-state index contributed by atoms with van der Waals surface area (Å²) in [6, 6.07) is 4.54. The van der Waals surface area contributed by atoms with Crippen molar-refractivity contribution >= 4 is 12.0 Å². The van der Waals surface area contributed by atoms with E-state index in [1.807, 2.05) is 6.07 Å². The van der Waals surface area contributed by atoms with Crippen LogP contribution in [0.25, 0.3) is 6.08 Å². The molecule has 1 spiro atoms. The molecule has 2 N–H and O–H groups in total. The molecule has 190 valence electrons. The zero-order valence-corrected chi connectivity index (χ0v) is 20.4. The largest absolute Gasteiger partial charge is 0.632 e. The molecule has 1 aromatic carbocycles. The predicted octanol–water partition coefficient (Wildman–Crippen LogP) is 3.10. The number of ether oxygens (including phenoxy) is 1. The van der Waals surface area contributed by atoms with E-state index in [1.54, 1.807) is 42.7 Å². The first kappa shape index (κ1) is 22.4. The van der Waals surface area contributed by atoms with Gasteiger partial charge in [0.15, 0.2) is 11.5 Å². The molecule has 8 heteroatoms. The normalized spacial score (nSPS) is 38.0. The number of rotatable bonds is 5. The van der Waals surface area contributed by atoms with Crippen LogP contribution in [0.2, 0.25) is 0 Å². The smallest absolute Gasteiger partial charge is 0.246 e. The van der Waals surface area contributed by atoms with Crippen LogP contribution in [0.5, 0.6) is 11.5 Å². The molecule has 1 saturated heterocycles. The Balaban J connectivity index is 1.30. The second-order valence-electron chi connectivity index (χ2n) is 11.6. The number of aromatic hydroxyl groups is 1. The highest BCUT2D eigenvalue weighted by molar-refractivity contribution is 5.91. The number of hydrogen-bond donors (Lipinski definition) is 2. The molecular weight excluding hydrogens is 460 g/mol. The maximum atomic E-state index is 14.3. The Hall–Kier alpha value is -2.81. The van der Waals surface area contributed by atoms with Gasteiger partial charge in [-0.15, -0.1) is 0 Å². The van der Waals surface area contributed by atoms with Crippen LogP contribution in [0.4, 0.5) is 0 Å². The van der Waals surface area contributed by atoms with Gasteiger partial charge in [0.2, 0.25) is 5.91 Å². The van der Waals surface area contributed by atoms with Gasteiger partial charge in [-0.05, 0) is 49.5 Å². The fourth-order valence-corrected chi connectivity index (χ4v) is 7.95. The van der Waals surface area contributed by atoms with Gasteiger partial charge < -0.3 is 34.1 Å². The Kier molecular flexibility index (Phi) is 4.58. The van der Waals surface area contributed by atoms with Crippen molar-refractivity contribution in [2.45, 2.75) is 67.7 Å². The summed E-state index contributed by atoms with van der Waals surface area (Å²) < 4.78 is 11.3. The van der Waals surface area contributed by atoms with Crippen molar-refractivity contribution < 1.29 is 28.8 Å². The third kappa shape index (κ3) is 2.83. The molecule has 3 heterocycles. The summed E-state index contributed by atoms with van der Waals surface area (Å²) in [4.78, 5) is 14.9. The van der Waals surface area contributed by atoms with Gasteiger partial charge in [-0.25, -0.2) is 0 Å². The number of furan rings is 1. The second-order valence-corrected chi connectivity index (χ2v) is 11.6. The Morgan fingerprint density at radius 2 is 2.11 bits per heavy atom. The molecule has 8 nitrogen and oxygen atoms in total. The van der Waals surface area contributed by atoms with Crippen molar-refractivity contribution in [3.05, 3.63) is 58.7 Å². The Morgan fingerprint density at radius 3 is 2.86 bits per heavy atom. The van der Waals surface area contributed by atoms with E-state index < -0.39 is 23.2 Å². The third-order valence-electron chi connectivity index (χ3n) is 9.83. The number of phenolic OH excluding ortho intramolecular Hbond substituents is 1. The highest BCUT2D eigenvalue weighted by Gasteiger charge is 2.76. The second kappa shape index (κ2) is 7.37. The van der Waals surface area contributed by atoms with Gasteiger partial charge >= 0.3 is 0 Å². The lowest BCUT2D eigenvalue weighted by Crippen LogP contribution is -2.81. The first-order chi connectivity index (χ1) is 17.3. The van der Waals surface area contributed by atoms with Crippen LogP contribution < -0.4 is 4.74 Å². The zero-order valence-electron chi connectivity index (χ0n) is 20.4. The van der Waals surface area contributed by atoms with Crippen LogP contribution in [-0.4, -0.2) is 69.6 Å². The molecule has 3 fully saturated rings. The van der Waals surface area contributed by atoms with Gasteiger partial charge in [0.05, 0.1) is 37.1 Å². The van der Waals surface area contributed by atoms with E-state index in [0.29, 0.717) is 50.4 Å². The zero-order chi connectivity index (χ0) is 24.9. The topological polar surface area (TPSA) is 106 Å². The fourth-order valence-electron chi connectivity index (χ4n) is 7.95. The molecule has 5 aliphatic rings. The predicted molar refractivity (Wildman–Crippen MR) is 131 cm³/mol. The van der Waals surface area contributed by atoms with Crippen LogP contribution >= 0.6 is 0 Å². The summed E-state index contributed by atoms with van der Waals surface area (Å²) in [6.45, 7) is 0.984. The van der Waals surface area contributed by atoms with Gasteiger partial charge in [0.1, 0.15) is 17.7 Å². The van der Waals surface area contributed by atoms with Crippen LogP contribution in [0.15, 0.2) is 41.2 Å². The first-order valence-corrected chi connectivity index (χ1v) is 13.1. The number of carbonyl (C=O) groups is 1. The van der Waals surface area contributed by atoms with Gasteiger partial charge in [0, 0.05) is 43.0 Å².